The summed E-state index contributed by atoms with van der Waals surface area (Å²) in [5, 5.41) is 5.17. The van der Waals surface area contributed by atoms with Crippen LogP contribution in [0.4, 0.5) is 17.1 Å². The van der Waals surface area contributed by atoms with Crippen molar-refractivity contribution in [2.75, 3.05) is 4.90 Å². The number of fused-ring (bicyclic) bond motifs is 10. The van der Waals surface area contributed by atoms with Crippen LogP contribution in [0.3, 0.4) is 0 Å². The number of anilines is 3. The van der Waals surface area contributed by atoms with E-state index in [0.717, 1.165) is 17.1 Å². The summed E-state index contributed by atoms with van der Waals surface area (Å²) in [4.78, 5) is 2.45. The average molecular weight is 736 g/mol. The Bertz CT molecular complexity index is 3210. The molecule has 2 aliphatic rings. The monoisotopic (exact) mass is 735 g/mol. The highest BCUT2D eigenvalue weighted by atomic mass is 15.2. The number of hydrogen-bond donors (Lipinski definition) is 0. The Kier molecular flexibility index (Phi) is 6.53. The zero-order valence-corrected chi connectivity index (χ0v) is 31.5. The van der Waals surface area contributed by atoms with E-state index in [2.05, 4.69) is 220 Å². The van der Waals surface area contributed by atoms with Gasteiger partial charge in [0, 0.05) is 55.3 Å². The highest BCUT2D eigenvalue weighted by Crippen LogP contribution is 2.43. The molecule has 0 atom stereocenters. The van der Waals surface area contributed by atoms with Crippen LogP contribution in [0.15, 0.2) is 206 Å². The van der Waals surface area contributed by atoms with Gasteiger partial charge in [-0.25, -0.2) is 0 Å². The molecule has 0 saturated carbocycles. The molecule has 3 nitrogen and oxygen atoms in total. The quantitative estimate of drug-likeness (QED) is 0.160. The lowest BCUT2D eigenvalue weighted by Crippen LogP contribution is -2.59. The predicted octanol–water partition coefficient (Wildman–Crippen LogP) is 11.8. The van der Waals surface area contributed by atoms with Gasteiger partial charge in [-0.1, -0.05) is 158 Å². The fraction of sp³-hybridized carbons (Fsp3) is 0. The number of hydrogen-bond acceptors (Lipinski definition) is 1. The van der Waals surface area contributed by atoms with Gasteiger partial charge in [0.1, 0.15) is 0 Å². The molecule has 0 unspecified atom stereocenters. The lowest BCUT2D eigenvalue weighted by molar-refractivity contribution is 1.13. The third-order valence-corrected chi connectivity index (χ3v) is 12.7. The van der Waals surface area contributed by atoms with E-state index in [1.807, 2.05) is 0 Å². The first-order chi connectivity index (χ1) is 28.8. The third kappa shape index (κ3) is 4.34. The SMILES string of the molecule is c1ccc(-c2ccc(N(c3ccc(-c4ccccc4)cc3)c3cc4c5c(c3)-n3c6ccccc6c6cccc(c63)B5c3cccc5c6ccccc6n-4c35)cc2)cc1. The largest absolute Gasteiger partial charge is 0.310 e. The van der Waals surface area contributed by atoms with E-state index in [1.54, 1.807) is 0 Å². The number of nitrogens with zero attached hydrogens (tertiary/aromatic N) is 3. The van der Waals surface area contributed by atoms with Gasteiger partial charge in [0.25, 0.3) is 6.71 Å². The van der Waals surface area contributed by atoms with Crippen molar-refractivity contribution in [3.8, 4) is 33.6 Å². The second kappa shape index (κ2) is 12.0. The zero-order valence-electron chi connectivity index (χ0n) is 31.5. The molecule has 0 aliphatic carbocycles. The van der Waals surface area contributed by atoms with Gasteiger partial charge in [-0.05, 0) is 87.2 Å². The first-order valence-corrected chi connectivity index (χ1v) is 20.1. The summed E-state index contributed by atoms with van der Waals surface area (Å²) >= 11 is 0. The minimum atomic E-state index is 0.0869. The fourth-order valence-electron chi connectivity index (χ4n) is 10.3. The molecule has 4 heterocycles. The van der Waals surface area contributed by atoms with Crippen LogP contribution < -0.4 is 21.3 Å². The molecule has 0 fully saturated rings. The summed E-state index contributed by atoms with van der Waals surface area (Å²) in [6, 6.07) is 76.1. The minimum absolute atomic E-state index is 0.0869. The van der Waals surface area contributed by atoms with E-state index in [4.69, 9.17) is 0 Å². The third-order valence-electron chi connectivity index (χ3n) is 12.7. The molecule has 0 N–H and O–H groups in total. The maximum Gasteiger partial charge on any atom is 0.252 e. The Balaban J connectivity index is 1.13. The van der Waals surface area contributed by atoms with E-state index in [0.29, 0.717) is 0 Å². The van der Waals surface area contributed by atoms with E-state index in [-0.39, 0.29) is 6.71 Å². The van der Waals surface area contributed by atoms with Crippen LogP contribution in [-0.2, 0) is 0 Å². The van der Waals surface area contributed by atoms with Crippen molar-refractivity contribution < 1.29 is 0 Å². The lowest BCUT2D eigenvalue weighted by Gasteiger charge is -2.35. The van der Waals surface area contributed by atoms with Gasteiger partial charge in [0.15, 0.2) is 0 Å². The van der Waals surface area contributed by atoms with Gasteiger partial charge in [0.05, 0.1) is 16.7 Å². The smallest absolute Gasteiger partial charge is 0.252 e. The highest BCUT2D eigenvalue weighted by molar-refractivity contribution is 7.00. The standard InChI is InChI=1S/C54H34BN3/c1-3-13-35(14-4-1)37-25-29-39(30-26-37)56(40-31-27-38(28-32-40)36-15-5-2-6-16-36)41-33-50-52-51(34-41)58-49-24-10-8-18-43(49)45-20-12-22-47(54(45)58)55(52)46-21-11-19-44-42-17-7-9-23-48(42)57(50)53(44)46/h1-34H. The average Bonchev–Trinajstić information content (AvgIpc) is 3.82. The Hall–Kier alpha value is -7.56. The maximum atomic E-state index is 2.56. The van der Waals surface area contributed by atoms with E-state index in [1.165, 1.54) is 93.6 Å². The zero-order chi connectivity index (χ0) is 37.9. The molecule has 0 radical (unpaired) electrons. The molecule has 13 rings (SSSR count). The van der Waals surface area contributed by atoms with Crippen molar-refractivity contribution >= 4 is 83.8 Å². The number of para-hydroxylation sites is 4. The summed E-state index contributed by atoms with van der Waals surface area (Å²) in [5.41, 5.74) is 19.7. The van der Waals surface area contributed by atoms with Crippen molar-refractivity contribution in [2.45, 2.75) is 0 Å². The van der Waals surface area contributed by atoms with Crippen molar-refractivity contribution in [3.63, 3.8) is 0 Å². The van der Waals surface area contributed by atoms with Crippen molar-refractivity contribution in [1.82, 2.24) is 9.13 Å². The fourth-order valence-corrected chi connectivity index (χ4v) is 10.3. The van der Waals surface area contributed by atoms with Gasteiger partial charge in [-0.15, -0.1) is 0 Å². The molecule has 0 amide bonds. The van der Waals surface area contributed by atoms with Gasteiger partial charge in [-0.2, -0.15) is 0 Å². The van der Waals surface area contributed by atoms with Crippen LogP contribution in [-0.4, -0.2) is 15.8 Å². The Labute approximate surface area is 336 Å². The normalized spacial score (nSPS) is 12.4. The molecular formula is C54H34BN3. The molecule has 4 heteroatoms. The molecule has 0 bridgehead atoms. The van der Waals surface area contributed by atoms with Crippen LogP contribution in [0.5, 0.6) is 0 Å². The van der Waals surface area contributed by atoms with Gasteiger partial charge in [-0.3, -0.25) is 0 Å². The summed E-state index contributed by atoms with van der Waals surface area (Å²) in [6.07, 6.45) is 0. The Morgan fingerprint density at radius 3 is 1.19 bits per heavy atom. The molecule has 0 spiro atoms. The minimum Gasteiger partial charge on any atom is -0.310 e. The maximum absolute atomic E-state index is 2.56. The first kappa shape index (κ1) is 31.6. The van der Waals surface area contributed by atoms with Crippen LogP contribution in [0.2, 0.25) is 0 Å². The summed E-state index contributed by atoms with van der Waals surface area (Å²) in [5.74, 6) is 0. The second-order valence-corrected chi connectivity index (χ2v) is 15.7. The number of rotatable bonds is 5. The summed E-state index contributed by atoms with van der Waals surface area (Å²) in [6.45, 7) is 0.0869. The molecule has 268 valence electrons. The van der Waals surface area contributed by atoms with Crippen LogP contribution in [0, 0.1) is 0 Å². The predicted molar refractivity (Wildman–Crippen MR) is 245 cm³/mol. The number of benzene rings is 9. The topological polar surface area (TPSA) is 13.1 Å². The van der Waals surface area contributed by atoms with Gasteiger partial charge < -0.3 is 14.0 Å². The lowest BCUT2D eigenvalue weighted by atomic mass is 9.34. The molecule has 9 aromatic carbocycles. The van der Waals surface area contributed by atoms with E-state index in [9.17, 15) is 0 Å². The highest BCUT2D eigenvalue weighted by Gasteiger charge is 2.41. The van der Waals surface area contributed by atoms with Crippen LogP contribution in [0.1, 0.15) is 0 Å². The summed E-state index contributed by atoms with van der Waals surface area (Å²) < 4.78 is 5.12. The molecule has 0 saturated heterocycles. The molecular weight excluding hydrogens is 701 g/mol. The van der Waals surface area contributed by atoms with Crippen LogP contribution >= 0.6 is 0 Å². The Morgan fingerprint density at radius 2 is 0.724 bits per heavy atom. The molecule has 2 aromatic heterocycles. The molecule has 58 heavy (non-hydrogen) atoms. The summed E-state index contributed by atoms with van der Waals surface area (Å²) in [7, 11) is 0. The van der Waals surface area contributed by atoms with E-state index >= 15 is 0 Å². The van der Waals surface area contributed by atoms with Crippen molar-refractivity contribution in [1.29, 1.82) is 0 Å². The van der Waals surface area contributed by atoms with Crippen molar-refractivity contribution in [3.05, 3.63) is 206 Å². The number of aromatic nitrogens is 2. The van der Waals surface area contributed by atoms with Crippen LogP contribution in [0.25, 0.3) is 77.2 Å². The van der Waals surface area contributed by atoms with E-state index < -0.39 is 0 Å². The Morgan fingerprint density at radius 1 is 0.328 bits per heavy atom. The van der Waals surface area contributed by atoms with Gasteiger partial charge in [0.2, 0.25) is 0 Å². The second-order valence-electron chi connectivity index (χ2n) is 15.7. The molecule has 11 aromatic rings. The van der Waals surface area contributed by atoms with Gasteiger partial charge >= 0.3 is 0 Å². The first-order valence-electron chi connectivity index (χ1n) is 20.1. The van der Waals surface area contributed by atoms with Crippen molar-refractivity contribution in [2.24, 2.45) is 0 Å². The molecule has 2 aliphatic heterocycles.